The molecule has 84 valence electrons. The van der Waals surface area contributed by atoms with E-state index in [4.69, 9.17) is 5.11 Å². The van der Waals surface area contributed by atoms with Gasteiger partial charge in [0.15, 0.2) is 0 Å². The maximum absolute atomic E-state index is 11.0. The molecule has 1 aromatic carbocycles. The molecule has 1 aromatic heterocycles. The SMILES string of the molecule is Cc1c[nH]c2c(C(C)C)cc(C(=O)O)cc12. The topological polar surface area (TPSA) is 53.1 Å². The van der Waals surface area contributed by atoms with Crippen LogP contribution in [0.3, 0.4) is 0 Å². The zero-order chi connectivity index (χ0) is 11.9. The number of carboxylic acids is 1. The highest BCUT2D eigenvalue weighted by Gasteiger charge is 2.13. The van der Waals surface area contributed by atoms with Crippen molar-refractivity contribution in [3.63, 3.8) is 0 Å². The van der Waals surface area contributed by atoms with E-state index in [0.717, 1.165) is 22.0 Å². The van der Waals surface area contributed by atoms with Crippen molar-refractivity contribution in [2.24, 2.45) is 0 Å². The Morgan fingerprint density at radius 1 is 1.38 bits per heavy atom. The van der Waals surface area contributed by atoms with Crippen LogP contribution in [0.2, 0.25) is 0 Å². The van der Waals surface area contributed by atoms with E-state index in [0.29, 0.717) is 11.5 Å². The molecule has 0 atom stereocenters. The first-order valence-electron chi connectivity index (χ1n) is 5.35. The molecule has 2 aromatic rings. The number of fused-ring (bicyclic) bond motifs is 1. The standard InChI is InChI=1S/C13H15NO2/c1-7(2)10-4-9(13(15)16)5-11-8(3)6-14-12(10)11/h4-7,14H,1-3H3,(H,15,16). The van der Waals surface area contributed by atoms with Gasteiger partial charge >= 0.3 is 5.97 Å². The van der Waals surface area contributed by atoms with Gasteiger partial charge in [-0.3, -0.25) is 0 Å². The Bertz CT molecular complexity index is 552. The van der Waals surface area contributed by atoms with Crippen molar-refractivity contribution in [2.75, 3.05) is 0 Å². The van der Waals surface area contributed by atoms with Gasteiger partial charge in [-0.15, -0.1) is 0 Å². The predicted octanol–water partition coefficient (Wildman–Crippen LogP) is 3.30. The summed E-state index contributed by atoms with van der Waals surface area (Å²) >= 11 is 0. The number of H-pyrrole nitrogens is 1. The molecule has 0 unspecified atom stereocenters. The molecule has 0 saturated carbocycles. The van der Waals surface area contributed by atoms with Crippen molar-refractivity contribution in [3.05, 3.63) is 35.0 Å². The third-order valence-corrected chi connectivity index (χ3v) is 2.90. The number of carbonyl (C=O) groups is 1. The van der Waals surface area contributed by atoms with Gasteiger partial charge < -0.3 is 10.1 Å². The molecule has 0 saturated heterocycles. The molecule has 0 fully saturated rings. The van der Waals surface area contributed by atoms with Crippen LogP contribution < -0.4 is 0 Å². The first kappa shape index (κ1) is 10.7. The second kappa shape index (κ2) is 3.67. The van der Waals surface area contributed by atoms with Crippen LogP contribution in [0.5, 0.6) is 0 Å². The number of carboxylic acid groups (broad SMARTS) is 1. The van der Waals surface area contributed by atoms with Crippen molar-refractivity contribution >= 4 is 16.9 Å². The van der Waals surface area contributed by atoms with Crippen LogP contribution in [0, 0.1) is 6.92 Å². The van der Waals surface area contributed by atoms with Gasteiger partial charge in [-0.1, -0.05) is 13.8 Å². The summed E-state index contributed by atoms with van der Waals surface area (Å²) < 4.78 is 0. The fourth-order valence-electron chi connectivity index (χ4n) is 1.97. The van der Waals surface area contributed by atoms with Crippen molar-refractivity contribution in [1.82, 2.24) is 4.98 Å². The van der Waals surface area contributed by atoms with E-state index in [9.17, 15) is 4.79 Å². The molecular weight excluding hydrogens is 202 g/mol. The fourth-order valence-corrected chi connectivity index (χ4v) is 1.97. The summed E-state index contributed by atoms with van der Waals surface area (Å²) in [5.74, 6) is -0.566. The van der Waals surface area contributed by atoms with Crippen LogP contribution in [0.1, 0.15) is 41.3 Å². The third-order valence-electron chi connectivity index (χ3n) is 2.90. The Labute approximate surface area is 94.1 Å². The molecule has 0 aliphatic rings. The predicted molar refractivity (Wildman–Crippen MR) is 64.1 cm³/mol. The zero-order valence-electron chi connectivity index (χ0n) is 9.66. The lowest BCUT2D eigenvalue weighted by molar-refractivity contribution is 0.0697. The Morgan fingerprint density at radius 3 is 2.62 bits per heavy atom. The van der Waals surface area contributed by atoms with E-state index >= 15 is 0 Å². The van der Waals surface area contributed by atoms with Gasteiger partial charge in [0.2, 0.25) is 0 Å². The van der Waals surface area contributed by atoms with E-state index < -0.39 is 5.97 Å². The van der Waals surface area contributed by atoms with E-state index in [2.05, 4.69) is 18.8 Å². The summed E-state index contributed by atoms with van der Waals surface area (Å²) in [6, 6.07) is 3.49. The molecule has 3 heteroatoms. The molecule has 2 N–H and O–H groups in total. The number of rotatable bonds is 2. The Morgan fingerprint density at radius 2 is 2.06 bits per heavy atom. The average Bonchev–Trinajstić information content (AvgIpc) is 2.59. The molecule has 0 bridgehead atoms. The third kappa shape index (κ3) is 1.58. The number of nitrogens with one attached hydrogen (secondary N) is 1. The quantitative estimate of drug-likeness (QED) is 0.810. The molecule has 1 heterocycles. The van der Waals surface area contributed by atoms with Gasteiger partial charge in [0.1, 0.15) is 0 Å². The Kier molecular flexibility index (Phi) is 2.46. The summed E-state index contributed by atoms with van der Waals surface area (Å²) in [6.45, 7) is 6.11. The van der Waals surface area contributed by atoms with Crippen LogP contribution in [-0.4, -0.2) is 16.1 Å². The van der Waals surface area contributed by atoms with Gasteiger partial charge in [-0.25, -0.2) is 4.79 Å². The van der Waals surface area contributed by atoms with Crippen LogP contribution >= 0.6 is 0 Å². The van der Waals surface area contributed by atoms with Crippen molar-refractivity contribution < 1.29 is 9.90 Å². The number of hydrogen-bond donors (Lipinski definition) is 2. The highest BCUT2D eigenvalue weighted by atomic mass is 16.4. The molecule has 2 rings (SSSR count). The van der Waals surface area contributed by atoms with E-state index in [1.807, 2.05) is 13.1 Å². The van der Waals surface area contributed by atoms with Crippen LogP contribution in [0.25, 0.3) is 10.9 Å². The first-order chi connectivity index (χ1) is 7.50. The summed E-state index contributed by atoms with van der Waals surface area (Å²) in [5, 5.41) is 10.1. The minimum absolute atomic E-state index is 0.305. The normalized spacial score (nSPS) is 11.2. The lowest BCUT2D eigenvalue weighted by atomic mass is 9.97. The van der Waals surface area contributed by atoms with Gasteiger partial charge in [0.05, 0.1) is 5.56 Å². The first-order valence-corrected chi connectivity index (χ1v) is 5.35. The molecule has 0 aliphatic heterocycles. The monoisotopic (exact) mass is 217 g/mol. The number of hydrogen-bond acceptors (Lipinski definition) is 1. The lowest BCUT2D eigenvalue weighted by Gasteiger charge is -2.09. The average molecular weight is 217 g/mol. The van der Waals surface area contributed by atoms with Gasteiger partial charge in [0, 0.05) is 17.1 Å². The molecular formula is C13H15NO2. The maximum Gasteiger partial charge on any atom is 0.335 e. The number of aromatic nitrogens is 1. The highest BCUT2D eigenvalue weighted by molar-refractivity contribution is 5.96. The number of aromatic carboxylic acids is 1. The summed E-state index contributed by atoms with van der Waals surface area (Å²) in [4.78, 5) is 14.3. The summed E-state index contributed by atoms with van der Waals surface area (Å²) in [7, 11) is 0. The van der Waals surface area contributed by atoms with Crippen molar-refractivity contribution in [3.8, 4) is 0 Å². The van der Waals surface area contributed by atoms with Crippen molar-refractivity contribution in [2.45, 2.75) is 26.7 Å². The van der Waals surface area contributed by atoms with Gasteiger partial charge in [-0.05, 0) is 36.1 Å². The lowest BCUT2D eigenvalue weighted by Crippen LogP contribution is -1.99. The summed E-state index contributed by atoms with van der Waals surface area (Å²) in [6.07, 6.45) is 1.92. The smallest absolute Gasteiger partial charge is 0.335 e. The fraction of sp³-hybridized carbons (Fsp3) is 0.308. The molecule has 3 nitrogen and oxygen atoms in total. The number of aromatic amines is 1. The maximum atomic E-state index is 11.0. The van der Waals surface area contributed by atoms with E-state index in [1.54, 1.807) is 12.1 Å². The van der Waals surface area contributed by atoms with E-state index in [-0.39, 0.29) is 0 Å². The van der Waals surface area contributed by atoms with Crippen LogP contribution in [0.15, 0.2) is 18.3 Å². The second-order valence-electron chi connectivity index (χ2n) is 4.42. The molecule has 0 spiro atoms. The van der Waals surface area contributed by atoms with Crippen LogP contribution in [0.4, 0.5) is 0 Å². The minimum Gasteiger partial charge on any atom is -0.478 e. The minimum atomic E-state index is -0.871. The van der Waals surface area contributed by atoms with Crippen LogP contribution in [-0.2, 0) is 0 Å². The number of aryl methyl sites for hydroxylation is 1. The number of benzene rings is 1. The van der Waals surface area contributed by atoms with Crippen molar-refractivity contribution in [1.29, 1.82) is 0 Å². The van der Waals surface area contributed by atoms with Gasteiger partial charge in [-0.2, -0.15) is 0 Å². The van der Waals surface area contributed by atoms with Gasteiger partial charge in [0.25, 0.3) is 0 Å². The summed E-state index contributed by atoms with van der Waals surface area (Å²) in [5.41, 5.74) is 3.56. The molecule has 0 aliphatic carbocycles. The Balaban J connectivity index is 2.80. The molecule has 0 amide bonds. The largest absolute Gasteiger partial charge is 0.478 e. The second-order valence-corrected chi connectivity index (χ2v) is 4.42. The molecule has 16 heavy (non-hydrogen) atoms. The molecule has 0 radical (unpaired) electrons. The zero-order valence-corrected chi connectivity index (χ0v) is 9.66. The Hall–Kier alpha value is -1.77. The van der Waals surface area contributed by atoms with E-state index in [1.165, 1.54) is 0 Å². The highest BCUT2D eigenvalue weighted by Crippen LogP contribution is 2.28.